The molecule has 2 aliphatic rings. The Balaban J connectivity index is 1.49. The van der Waals surface area contributed by atoms with Crippen LogP contribution in [0.15, 0.2) is 66.5 Å². The van der Waals surface area contributed by atoms with E-state index in [4.69, 9.17) is 14.2 Å². The lowest BCUT2D eigenvalue weighted by molar-refractivity contribution is -0.133. The van der Waals surface area contributed by atoms with Gasteiger partial charge in [-0.15, -0.1) is 0 Å². The van der Waals surface area contributed by atoms with Gasteiger partial charge in [-0.05, 0) is 49.6 Å². The largest absolute Gasteiger partial charge is 0.497 e. The van der Waals surface area contributed by atoms with E-state index in [-0.39, 0.29) is 25.2 Å². The van der Waals surface area contributed by atoms with Crippen molar-refractivity contribution in [3.63, 3.8) is 0 Å². The predicted molar refractivity (Wildman–Crippen MR) is 156 cm³/mol. The lowest BCUT2D eigenvalue weighted by Crippen LogP contribution is -2.55. The van der Waals surface area contributed by atoms with Crippen molar-refractivity contribution in [3.8, 4) is 5.75 Å². The summed E-state index contributed by atoms with van der Waals surface area (Å²) in [5.74, 6) is -1.81. The van der Waals surface area contributed by atoms with Gasteiger partial charge >= 0.3 is 0 Å². The summed E-state index contributed by atoms with van der Waals surface area (Å²) in [5.41, 5.74) is 0.714. The van der Waals surface area contributed by atoms with Gasteiger partial charge in [0.1, 0.15) is 23.2 Å². The van der Waals surface area contributed by atoms with Crippen molar-refractivity contribution in [2.24, 2.45) is 5.92 Å². The molecule has 10 heteroatoms. The van der Waals surface area contributed by atoms with Gasteiger partial charge in [-0.2, -0.15) is 0 Å². The molecule has 2 aliphatic heterocycles. The molecule has 2 fully saturated rings. The molecule has 0 radical (unpaired) electrons. The highest BCUT2D eigenvalue weighted by Gasteiger charge is 2.50. The number of rotatable bonds is 14. The standard InChI is InChI=1S/C32H40FN3O6/c1-22(17-25(33)20-36-13-15-41-16-14-36)30(38)35-28(19-24-9-11-26(40-3)12-10-24)31(39)34-27(29(37)32(2)21-42-32)18-23-7-5-4-6-8-23/h4-12,17,22,27-28H,13-16,18-21H2,1-3H3,(H,34,39)(H,35,38)/b25-17-. The van der Waals surface area contributed by atoms with Crippen LogP contribution in [0.2, 0.25) is 0 Å². The zero-order valence-corrected chi connectivity index (χ0v) is 24.4. The Bertz CT molecular complexity index is 1240. The molecule has 2 saturated heterocycles. The number of hydrogen-bond acceptors (Lipinski definition) is 7. The van der Waals surface area contributed by atoms with Crippen molar-refractivity contribution in [1.82, 2.24) is 15.5 Å². The molecule has 4 rings (SSSR count). The summed E-state index contributed by atoms with van der Waals surface area (Å²) < 4.78 is 30.7. The van der Waals surface area contributed by atoms with E-state index in [2.05, 4.69) is 10.6 Å². The zero-order chi connectivity index (χ0) is 30.1. The minimum absolute atomic E-state index is 0.0981. The van der Waals surface area contributed by atoms with Crippen molar-refractivity contribution in [1.29, 1.82) is 0 Å². The minimum Gasteiger partial charge on any atom is -0.497 e. The Morgan fingerprint density at radius 1 is 0.976 bits per heavy atom. The van der Waals surface area contributed by atoms with Crippen LogP contribution < -0.4 is 15.4 Å². The van der Waals surface area contributed by atoms with E-state index in [1.165, 1.54) is 6.08 Å². The molecule has 2 aromatic carbocycles. The molecule has 42 heavy (non-hydrogen) atoms. The highest BCUT2D eigenvalue weighted by atomic mass is 19.1. The molecular formula is C32H40FN3O6. The molecular weight excluding hydrogens is 541 g/mol. The summed E-state index contributed by atoms with van der Waals surface area (Å²) in [5, 5.41) is 5.67. The van der Waals surface area contributed by atoms with Crippen LogP contribution in [0.1, 0.15) is 25.0 Å². The smallest absolute Gasteiger partial charge is 0.243 e. The van der Waals surface area contributed by atoms with Crippen LogP contribution in [0.25, 0.3) is 0 Å². The van der Waals surface area contributed by atoms with E-state index < -0.39 is 41.2 Å². The number of nitrogens with zero attached hydrogens (tertiary/aromatic N) is 1. The van der Waals surface area contributed by atoms with Crippen LogP contribution in [-0.4, -0.2) is 86.7 Å². The van der Waals surface area contributed by atoms with Crippen molar-refractivity contribution >= 4 is 17.6 Å². The SMILES string of the molecule is COc1ccc(CC(NC(=O)C(C)/C=C(\F)CN2CCOCC2)C(=O)NC(Cc2ccccc2)C(=O)C2(C)CO2)cc1. The number of amides is 2. The maximum absolute atomic E-state index is 14.8. The molecule has 0 spiro atoms. The van der Waals surface area contributed by atoms with Crippen LogP contribution in [0.4, 0.5) is 4.39 Å². The second kappa shape index (κ2) is 14.5. The maximum Gasteiger partial charge on any atom is 0.243 e. The normalized spacial score (nSPS) is 21.1. The third-order valence-corrected chi connectivity index (χ3v) is 7.57. The number of Topliss-reactive ketones (excluding diaryl/α,β-unsaturated/α-hetero) is 1. The first-order valence-corrected chi connectivity index (χ1v) is 14.3. The number of carbonyl (C=O) groups is 3. The Labute approximate surface area is 246 Å². The molecule has 2 aromatic rings. The van der Waals surface area contributed by atoms with Crippen molar-refractivity contribution in [3.05, 3.63) is 77.6 Å². The number of carbonyl (C=O) groups excluding carboxylic acids is 3. The third kappa shape index (κ3) is 8.95. The van der Waals surface area contributed by atoms with Gasteiger partial charge in [-0.3, -0.25) is 19.3 Å². The van der Waals surface area contributed by atoms with Gasteiger partial charge in [0.15, 0.2) is 5.78 Å². The lowest BCUT2D eigenvalue weighted by Gasteiger charge is -2.26. The summed E-state index contributed by atoms with van der Waals surface area (Å²) in [6.45, 7) is 6.02. The van der Waals surface area contributed by atoms with E-state index in [0.717, 1.165) is 11.1 Å². The van der Waals surface area contributed by atoms with Crippen LogP contribution >= 0.6 is 0 Å². The average Bonchev–Trinajstić information content (AvgIpc) is 3.75. The van der Waals surface area contributed by atoms with E-state index in [0.29, 0.717) is 38.7 Å². The molecule has 2 N–H and O–H groups in total. The first kappa shape index (κ1) is 31.3. The van der Waals surface area contributed by atoms with Crippen molar-refractivity contribution < 1.29 is 33.0 Å². The first-order chi connectivity index (χ1) is 20.2. The summed E-state index contributed by atoms with van der Waals surface area (Å²) in [4.78, 5) is 42.2. The minimum atomic E-state index is -1.01. The molecule has 9 nitrogen and oxygen atoms in total. The summed E-state index contributed by atoms with van der Waals surface area (Å²) in [6.07, 6.45) is 1.72. The van der Waals surface area contributed by atoms with E-state index in [1.807, 2.05) is 47.4 Å². The van der Waals surface area contributed by atoms with Crippen LogP contribution in [0.5, 0.6) is 5.75 Å². The van der Waals surface area contributed by atoms with Gasteiger partial charge in [-0.25, -0.2) is 4.39 Å². The van der Waals surface area contributed by atoms with Crippen LogP contribution in [0, 0.1) is 5.92 Å². The Morgan fingerprint density at radius 3 is 2.19 bits per heavy atom. The van der Waals surface area contributed by atoms with Crippen LogP contribution in [0.3, 0.4) is 0 Å². The summed E-state index contributed by atoms with van der Waals surface area (Å²) in [6, 6.07) is 14.7. The molecule has 0 aromatic heterocycles. The van der Waals surface area contributed by atoms with E-state index >= 15 is 0 Å². The van der Waals surface area contributed by atoms with Crippen molar-refractivity contribution in [2.75, 3.05) is 46.6 Å². The number of methoxy groups -OCH3 is 1. The molecule has 0 saturated carbocycles. The fourth-order valence-electron chi connectivity index (χ4n) is 4.83. The number of nitrogens with one attached hydrogen (secondary N) is 2. The Hall–Kier alpha value is -3.60. The number of hydrogen-bond donors (Lipinski definition) is 2. The van der Waals surface area contributed by atoms with Gasteiger partial charge in [-0.1, -0.05) is 42.5 Å². The molecule has 4 atom stereocenters. The summed E-state index contributed by atoms with van der Waals surface area (Å²) in [7, 11) is 1.56. The molecule has 0 bridgehead atoms. The number of ketones is 1. The molecule has 4 unspecified atom stereocenters. The van der Waals surface area contributed by atoms with Gasteiger partial charge in [0, 0.05) is 19.5 Å². The van der Waals surface area contributed by atoms with Gasteiger partial charge in [0.05, 0.1) is 45.4 Å². The Morgan fingerprint density at radius 2 is 1.57 bits per heavy atom. The van der Waals surface area contributed by atoms with Crippen molar-refractivity contribution in [2.45, 2.75) is 44.4 Å². The monoisotopic (exact) mass is 581 g/mol. The lowest BCUT2D eigenvalue weighted by atomic mass is 9.94. The highest BCUT2D eigenvalue weighted by molar-refractivity contribution is 5.98. The van der Waals surface area contributed by atoms with E-state index in [1.54, 1.807) is 33.1 Å². The molecule has 0 aliphatic carbocycles. The topological polar surface area (TPSA) is 110 Å². The average molecular weight is 582 g/mol. The molecule has 2 heterocycles. The number of benzene rings is 2. The van der Waals surface area contributed by atoms with Gasteiger partial charge in [0.25, 0.3) is 0 Å². The van der Waals surface area contributed by atoms with E-state index in [9.17, 15) is 18.8 Å². The first-order valence-electron chi connectivity index (χ1n) is 14.3. The van der Waals surface area contributed by atoms with Crippen LogP contribution in [-0.2, 0) is 36.7 Å². The zero-order valence-electron chi connectivity index (χ0n) is 24.4. The Kier molecular flexibility index (Phi) is 10.8. The third-order valence-electron chi connectivity index (χ3n) is 7.57. The molecule has 2 amide bonds. The fraction of sp³-hybridized carbons (Fsp3) is 0.469. The second-order valence-corrected chi connectivity index (χ2v) is 11.0. The fourth-order valence-corrected chi connectivity index (χ4v) is 4.83. The quantitative estimate of drug-likeness (QED) is 0.330. The maximum atomic E-state index is 14.8. The number of morpholine rings is 1. The highest BCUT2D eigenvalue weighted by Crippen LogP contribution is 2.29. The predicted octanol–water partition coefficient (Wildman–Crippen LogP) is 2.63. The second-order valence-electron chi connectivity index (χ2n) is 11.0. The molecule has 226 valence electrons. The number of epoxide rings is 1. The summed E-state index contributed by atoms with van der Waals surface area (Å²) >= 11 is 0. The number of ether oxygens (including phenoxy) is 3. The van der Waals surface area contributed by atoms with Gasteiger partial charge < -0.3 is 24.8 Å². The van der Waals surface area contributed by atoms with Gasteiger partial charge in [0.2, 0.25) is 11.8 Å². The number of halogens is 1.